The monoisotopic (exact) mass is 398 g/mol. The zero-order valence-corrected chi connectivity index (χ0v) is 17.0. The predicted octanol–water partition coefficient (Wildman–Crippen LogP) is 2.67. The number of methoxy groups -OCH3 is 1. The van der Waals surface area contributed by atoms with Crippen LogP contribution in [-0.4, -0.2) is 59.9 Å². The van der Waals surface area contributed by atoms with Gasteiger partial charge in [-0.3, -0.25) is 9.59 Å². The van der Waals surface area contributed by atoms with E-state index in [-0.39, 0.29) is 18.4 Å². The highest BCUT2D eigenvalue weighted by Crippen LogP contribution is 2.43. The maximum absolute atomic E-state index is 13.3. The molecule has 7 nitrogen and oxygen atoms in total. The number of nitrogens with zero attached hydrogens (tertiary/aromatic N) is 2. The first kappa shape index (κ1) is 19.5. The summed E-state index contributed by atoms with van der Waals surface area (Å²) in [6, 6.07) is 9.56. The molecule has 154 valence electrons. The molecule has 0 bridgehead atoms. The molecule has 0 radical (unpaired) electrons. The average molecular weight is 398 g/mol. The van der Waals surface area contributed by atoms with Gasteiger partial charge >= 0.3 is 5.97 Å². The van der Waals surface area contributed by atoms with Crippen molar-refractivity contribution in [1.29, 1.82) is 0 Å². The number of aryl methyl sites for hydroxylation is 1. The molecule has 2 aliphatic rings. The second-order valence-corrected chi connectivity index (χ2v) is 7.99. The predicted molar refractivity (Wildman–Crippen MR) is 107 cm³/mol. The molecule has 0 aliphatic carbocycles. The van der Waals surface area contributed by atoms with Gasteiger partial charge < -0.3 is 24.0 Å². The quantitative estimate of drug-likeness (QED) is 0.856. The lowest BCUT2D eigenvalue weighted by Crippen LogP contribution is -2.45. The van der Waals surface area contributed by atoms with Gasteiger partial charge in [0, 0.05) is 42.7 Å². The van der Waals surface area contributed by atoms with Crippen LogP contribution in [-0.2, 0) is 9.53 Å². The molecule has 3 heterocycles. The number of amides is 1. The van der Waals surface area contributed by atoms with Gasteiger partial charge in [0.1, 0.15) is 5.75 Å². The molecule has 2 aliphatic heterocycles. The Balaban J connectivity index is 1.64. The number of aliphatic carboxylic acids is 1. The standard InChI is InChI=1S/C22H26N2O5/c1-14-10-19(15(2)24(14)17-4-6-18(28-3)7-5-17)20(25)23-11-16-12-29-9-8-22(16,13-23)21(26)27/h4-7,10,16H,8-9,11-13H2,1-3H3,(H,26,27)/t16-,22+/m0/s1. The molecule has 2 aromatic rings. The van der Waals surface area contributed by atoms with Crippen LogP contribution in [0.1, 0.15) is 28.2 Å². The van der Waals surface area contributed by atoms with E-state index in [0.29, 0.717) is 31.7 Å². The minimum absolute atomic E-state index is 0.118. The molecule has 0 unspecified atom stereocenters. The number of likely N-dealkylation sites (tertiary alicyclic amines) is 1. The van der Waals surface area contributed by atoms with Crippen molar-refractivity contribution in [3.05, 3.63) is 47.3 Å². The van der Waals surface area contributed by atoms with Crippen LogP contribution >= 0.6 is 0 Å². The molecule has 2 fully saturated rings. The normalized spacial score (nSPS) is 23.7. The Morgan fingerprint density at radius 2 is 1.97 bits per heavy atom. The van der Waals surface area contributed by atoms with E-state index >= 15 is 0 Å². The van der Waals surface area contributed by atoms with Crippen molar-refractivity contribution < 1.29 is 24.2 Å². The van der Waals surface area contributed by atoms with E-state index in [2.05, 4.69) is 0 Å². The summed E-state index contributed by atoms with van der Waals surface area (Å²) in [5, 5.41) is 9.86. The molecule has 4 rings (SSSR count). The molecule has 0 spiro atoms. The van der Waals surface area contributed by atoms with Crippen molar-refractivity contribution in [2.24, 2.45) is 11.3 Å². The Kier molecular flexibility index (Phi) is 4.86. The summed E-state index contributed by atoms with van der Waals surface area (Å²) in [4.78, 5) is 27.0. The minimum Gasteiger partial charge on any atom is -0.497 e. The first-order chi connectivity index (χ1) is 13.9. The Morgan fingerprint density at radius 1 is 1.24 bits per heavy atom. The Hall–Kier alpha value is -2.80. The molecule has 2 saturated heterocycles. The SMILES string of the molecule is COc1ccc(-n2c(C)cc(C(=O)N3C[C@H]4COCC[C@@]4(C(=O)O)C3)c2C)cc1. The lowest BCUT2D eigenvalue weighted by molar-refractivity contribution is -0.157. The highest BCUT2D eigenvalue weighted by Gasteiger charge is 2.55. The van der Waals surface area contributed by atoms with Crippen LogP contribution in [0.15, 0.2) is 30.3 Å². The lowest BCUT2D eigenvalue weighted by Gasteiger charge is -2.33. The maximum atomic E-state index is 13.3. The van der Waals surface area contributed by atoms with Gasteiger partial charge in [-0.05, 0) is 50.6 Å². The fraction of sp³-hybridized carbons (Fsp3) is 0.455. The van der Waals surface area contributed by atoms with E-state index in [1.165, 1.54) is 0 Å². The lowest BCUT2D eigenvalue weighted by atomic mass is 9.74. The van der Waals surface area contributed by atoms with E-state index in [0.717, 1.165) is 22.8 Å². The largest absolute Gasteiger partial charge is 0.497 e. The number of hydrogen-bond acceptors (Lipinski definition) is 4. The number of rotatable bonds is 4. The molecule has 1 aromatic heterocycles. The highest BCUT2D eigenvalue weighted by atomic mass is 16.5. The van der Waals surface area contributed by atoms with Gasteiger partial charge in [-0.2, -0.15) is 0 Å². The van der Waals surface area contributed by atoms with Crippen molar-refractivity contribution in [3.8, 4) is 11.4 Å². The van der Waals surface area contributed by atoms with Crippen molar-refractivity contribution in [2.45, 2.75) is 20.3 Å². The average Bonchev–Trinajstić information content (AvgIpc) is 3.26. The van der Waals surface area contributed by atoms with Gasteiger partial charge in [0.15, 0.2) is 0 Å². The van der Waals surface area contributed by atoms with Crippen LogP contribution in [0.4, 0.5) is 0 Å². The van der Waals surface area contributed by atoms with Gasteiger partial charge in [0.05, 0.1) is 24.7 Å². The first-order valence-corrected chi connectivity index (χ1v) is 9.81. The first-order valence-electron chi connectivity index (χ1n) is 9.81. The Labute approximate surface area is 169 Å². The third-order valence-electron chi connectivity index (χ3n) is 6.41. The van der Waals surface area contributed by atoms with Crippen LogP contribution in [0.5, 0.6) is 5.75 Å². The van der Waals surface area contributed by atoms with Gasteiger partial charge in [0.2, 0.25) is 0 Å². The van der Waals surface area contributed by atoms with Crippen LogP contribution in [0.25, 0.3) is 5.69 Å². The van der Waals surface area contributed by atoms with Crippen LogP contribution < -0.4 is 4.74 Å². The summed E-state index contributed by atoms with van der Waals surface area (Å²) in [6.07, 6.45) is 0.446. The van der Waals surface area contributed by atoms with E-state index < -0.39 is 11.4 Å². The van der Waals surface area contributed by atoms with E-state index in [1.54, 1.807) is 12.0 Å². The number of fused-ring (bicyclic) bond motifs is 1. The van der Waals surface area contributed by atoms with Crippen LogP contribution in [0.3, 0.4) is 0 Å². The van der Waals surface area contributed by atoms with E-state index in [9.17, 15) is 14.7 Å². The smallest absolute Gasteiger partial charge is 0.311 e. The summed E-state index contributed by atoms with van der Waals surface area (Å²) in [5.74, 6) is -0.339. The van der Waals surface area contributed by atoms with Crippen molar-refractivity contribution >= 4 is 11.9 Å². The van der Waals surface area contributed by atoms with Crippen LogP contribution in [0, 0.1) is 25.2 Å². The fourth-order valence-electron chi connectivity index (χ4n) is 4.73. The molecule has 29 heavy (non-hydrogen) atoms. The molecular weight excluding hydrogens is 372 g/mol. The van der Waals surface area contributed by atoms with Crippen molar-refractivity contribution in [2.75, 3.05) is 33.4 Å². The topological polar surface area (TPSA) is 81.0 Å². The minimum atomic E-state index is -0.893. The number of carbonyl (C=O) groups excluding carboxylic acids is 1. The third kappa shape index (κ3) is 3.09. The second kappa shape index (κ2) is 7.22. The fourth-order valence-corrected chi connectivity index (χ4v) is 4.73. The molecule has 1 N–H and O–H groups in total. The summed E-state index contributed by atoms with van der Waals surface area (Å²) >= 11 is 0. The van der Waals surface area contributed by atoms with Gasteiger partial charge in [-0.15, -0.1) is 0 Å². The molecule has 0 saturated carbocycles. The molecule has 7 heteroatoms. The van der Waals surface area contributed by atoms with Gasteiger partial charge in [-0.1, -0.05) is 0 Å². The molecule has 2 atom stereocenters. The Morgan fingerprint density at radius 3 is 2.59 bits per heavy atom. The van der Waals surface area contributed by atoms with E-state index in [4.69, 9.17) is 9.47 Å². The number of carbonyl (C=O) groups is 2. The highest BCUT2D eigenvalue weighted by molar-refractivity contribution is 5.96. The summed E-state index contributed by atoms with van der Waals surface area (Å²) in [5.41, 5.74) is 2.45. The molecule has 1 aromatic carbocycles. The maximum Gasteiger partial charge on any atom is 0.311 e. The number of carboxylic acid groups (broad SMARTS) is 1. The third-order valence-corrected chi connectivity index (χ3v) is 6.41. The second-order valence-electron chi connectivity index (χ2n) is 7.99. The zero-order valence-electron chi connectivity index (χ0n) is 17.0. The number of benzene rings is 1. The summed E-state index contributed by atoms with van der Waals surface area (Å²) in [7, 11) is 1.63. The molecule has 1 amide bonds. The number of aromatic nitrogens is 1. The van der Waals surface area contributed by atoms with Gasteiger partial charge in [-0.25, -0.2) is 0 Å². The molecular formula is C22H26N2O5. The van der Waals surface area contributed by atoms with Crippen molar-refractivity contribution in [3.63, 3.8) is 0 Å². The number of ether oxygens (including phenoxy) is 2. The summed E-state index contributed by atoms with van der Waals surface area (Å²) in [6.45, 7) is 5.35. The number of carboxylic acids is 1. The summed E-state index contributed by atoms with van der Waals surface area (Å²) < 4.78 is 12.8. The Bertz CT molecular complexity index is 949. The van der Waals surface area contributed by atoms with Gasteiger partial charge in [0.25, 0.3) is 5.91 Å². The zero-order chi connectivity index (χ0) is 20.8. The van der Waals surface area contributed by atoms with E-state index in [1.807, 2.05) is 48.7 Å². The van der Waals surface area contributed by atoms with Crippen LogP contribution in [0.2, 0.25) is 0 Å². The number of hydrogen-bond donors (Lipinski definition) is 1. The van der Waals surface area contributed by atoms with Crippen molar-refractivity contribution in [1.82, 2.24) is 9.47 Å².